The third kappa shape index (κ3) is 4.88. The number of nitrogens with two attached hydrogens (primary N) is 1. The van der Waals surface area contributed by atoms with E-state index in [1.165, 1.54) is 4.88 Å². The maximum Gasteiger partial charge on any atom is 0.220 e. The molecular formula is C13H22N2OS. The Labute approximate surface area is 107 Å². The molecule has 0 spiro atoms. The average molecular weight is 254 g/mol. The van der Waals surface area contributed by atoms with Crippen LogP contribution in [0.1, 0.15) is 38.5 Å². The Bertz CT molecular complexity index is 344. The van der Waals surface area contributed by atoms with Crippen molar-refractivity contribution >= 4 is 17.2 Å². The fourth-order valence-electron chi connectivity index (χ4n) is 1.52. The van der Waals surface area contributed by atoms with Gasteiger partial charge in [-0.1, -0.05) is 19.9 Å². The van der Waals surface area contributed by atoms with Gasteiger partial charge in [0, 0.05) is 29.3 Å². The van der Waals surface area contributed by atoms with Crippen LogP contribution in [0.4, 0.5) is 0 Å². The van der Waals surface area contributed by atoms with Crippen LogP contribution >= 0.6 is 11.3 Å². The standard InChI is InChI=1S/C13H22N2OS/c1-10(14)6-7-12(16)15-9-13(2,3)11-5-4-8-17-11/h4-5,8,10H,6-7,9,14H2,1-3H3,(H,15,16). The van der Waals surface area contributed by atoms with Crippen molar-refractivity contribution in [2.24, 2.45) is 5.73 Å². The van der Waals surface area contributed by atoms with Crippen molar-refractivity contribution in [3.63, 3.8) is 0 Å². The molecule has 0 aliphatic heterocycles. The first kappa shape index (κ1) is 14.2. The third-order valence-corrected chi connectivity index (χ3v) is 3.98. The molecule has 1 aromatic heterocycles. The molecule has 4 heteroatoms. The monoisotopic (exact) mass is 254 g/mol. The van der Waals surface area contributed by atoms with E-state index in [1.807, 2.05) is 13.0 Å². The molecular weight excluding hydrogens is 232 g/mol. The van der Waals surface area contributed by atoms with Crippen LogP contribution in [0.25, 0.3) is 0 Å². The maximum atomic E-state index is 11.6. The molecule has 1 heterocycles. The fraction of sp³-hybridized carbons (Fsp3) is 0.615. The van der Waals surface area contributed by atoms with Crippen molar-refractivity contribution in [1.29, 1.82) is 0 Å². The average Bonchev–Trinajstić information content (AvgIpc) is 2.77. The molecule has 1 amide bonds. The molecule has 1 aromatic rings. The summed E-state index contributed by atoms with van der Waals surface area (Å²) in [6.45, 7) is 6.88. The van der Waals surface area contributed by atoms with Gasteiger partial charge in [-0.25, -0.2) is 0 Å². The molecule has 0 saturated heterocycles. The minimum absolute atomic E-state index is 0.00183. The molecule has 0 saturated carbocycles. The molecule has 3 nitrogen and oxygen atoms in total. The lowest BCUT2D eigenvalue weighted by Crippen LogP contribution is -2.36. The van der Waals surface area contributed by atoms with E-state index in [0.29, 0.717) is 13.0 Å². The summed E-state index contributed by atoms with van der Waals surface area (Å²) < 4.78 is 0. The molecule has 0 bridgehead atoms. The maximum absolute atomic E-state index is 11.6. The molecule has 96 valence electrons. The quantitative estimate of drug-likeness (QED) is 0.818. The lowest BCUT2D eigenvalue weighted by molar-refractivity contribution is -0.121. The van der Waals surface area contributed by atoms with E-state index in [4.69, 9.17) is 5.73 Å². The van der Waals surface area contributed by atoms with Gasteiger partial charge in [0.05, 0.1) is 0 Å². The lowest BCUT2D eigenvalue weighted by atomic mass is 9.91. The van der Waals surface area contributed by atoms with Gasteiger partial charge < -0.3 is 11.1 Å². The van der Waals surface area contributed by atoms with Gasteiger partial charge in [-0.2, -0.15) is 0 Å². The number of thiophene rings is 1. The van der Waals surface area contributed by atoms with Crippen LogP contribution in [0.3, 0.4) is 0 Å². The second-order valence-electron chi connectivity index (χ2n) is 5.15. The van der Waals surface area contributed by atoms with Gasteiger partial charge in [-0.05, 0) is 24.8 Å². The van der Waals surface area contributed by atoms with Crippen molar-refractivity contribution in [2.45, 2.75) is 45.1 Å². The molecule has 0 aromatic carbocycles. The fourth-order valence-corrected chi connectivity index (χ4v) is 2.37. The van der Waals surface area contributed by atoms with E-state index in [9.17, 15) is 4.79 Å². The highest BCUT2D eigenvalue weighted by Gasteiger charge is 2.22. The first-order chi connectivity index (χ1) is 7.92. The SMILES string of the molecule is CC(N)CCC(=O)NCC(C)(C)c1cccs1. The Morgan fingerprint density at radius 3 is 2.82 bits per heavy atom. The predicted molar refractivity (Wildman–Crippen MR) is 73.2 cm³/mol. The highest BCUT2D eigenvalue weighted by Crippen LogP contribution is 2.26. The molecule has 3 N–H and O–H groups in total. The first-order valence-corrected chi connectivity index (χ1v) is 6.86. The topological polar surface area (TPSA) is 55.1 Å². The summed E-state index contributed by atoms with van der Waals surface area (Å²) in [4.78, 5) is 12.9. The second kappa shape index (κ2) is 6.17. The Balaban J connectivity index is 2.37. The van der Waals surface area contributed by atoms with Gasteiger partial charge in [-0.3, -0.25) is 4.79 Å². The summed E-state index contributed by atoms with van der Waals surface area (Å²) >= 11 is 1.73. The summed E-state index contributed by atoms with van der Waals surface area (Å²) in [6.07, 6.45) is 1.25. The van der Waals surface area contributed by atoms with E-state index < -0.39 is 0 Å². The Kier molecular flexibility index (Phi) is 5.15. The van der Waals surface area contributed by atoms with Crippen LogP contribution in [0.5, 0.6) is 0 Å². The van der Waals surface area contributed by atoms with E-state index in [1.54, 1.807) is 11.3 Å². The van der Waals surface area contributed by atoms with Crippen LogP contribution in [-0.4, -0.2) is 18.5 Å². The number of hydrogen-bond acceptors (Lipinski definition) is 3. The number of carbonyl (C=O) groups is 1. The zero-order chi connectivity index (χ0) is 12.9. The molecule has 1 rings (SSSR count). The molecule has 0 radical (unpaired) electrons. The largest absolute Gasteiger partial charge is 0.355 e. The minimum Gasteiger partial charge on any atom is -0.355 e. The number of carbonyl (C=O) groups excluding carboxylic acids is 1. The summed E-state index contributed by atoms with van der Waals surface area (Å²) in [6, 6.07) is 4.24. The predicted octanol–water partition coefficient (Wildman–Crippen LogP) is 2.27. The lowest BCUT2D eigenvalue weighted by Gasteiger charge is -2.23. The van der Waals surface area contributed by atoms with Crippen LogP contribution in [0, 0.1) is 0 Å². The van der Waals surface area contributed by atoms with Crippen molar-refractivity contribution in [1.82, 2.24) is 5.32 Å². The Hall–Kier alpha value is -0.870. The molecule has 1 unspecified atom stereocenters. The van der Waals surface area contributed by atoms with E-state index >= 15 is 0 Å². The van der Waals surface area contributed by atoms with E-state index in [2.05, 4.69) is 30.6 Å². The van der Waals surface area contributed by atoms with Gasteiger partial charge in [0.2, 0.25) is 5.91 Å². The zero-order valence-electron chi connectivity index (χ0n) is 10.8. The summed E-state index contributed by atoms with van der Waals surface area (Å²) in [5.41, 5.74) is 5.62. The minimum atomic E-state index is -0.00183. The number of hydrogen-bond donors (Lipinski definition) is 2. The van der Waals surface area contributed by atoms with Crippen molar-refractivity contribution in [3.05, 3.63) is 22.4 Å². The van der Waals surface area contributed by atoms with E-state index in [0.717, 1.165) is 6.42 Å². The molecule has 1 atom stereocenters. The summed E-state index contributed by atoms with van der Waals surface area (Å²) in [5, 5.41) is 5.04. The second-order valence-corrected chi connectivity index (χ2v) is 6.10. The highest BCUT2D eigenvalue weighted by atomic mass is 32.1. The van der Waals surface area contributed by atoms with Crippen molar-refractivity contribution in [2.75, 3.05) is 6.54 Å². The molecule has 17 heavy (non-hydrogen) atoms. The Morgan fingerprint density at radius 2 is 2.29 bits per heavy atom. The van der Waals surface area contributed by atoms with Gasteiger partial charge in [0.15, 0.2) is 0 Å². The van der Waals surface area contributed by atoms with Crippen molar-refractivity contribution in [3.8, 4) is 0 Å². The summed E-state index contributed by atoms with van der Waals surface area (Å²) in [5.74, 6) is 0.0898. The third-order valence-electron chi connectivity index (χ3n) is 2.74. The zero-order valence-corrected chi connectivity index (χ0v) is 11.6. The molecule has 0 aliphatic rings. The Morgan fingerprint density at radius 1 is 1.59 bits per heavy atom. The molecule has 0 fully saturated rings. The molecule has 0 aliphatic carbocycles. The van der Waals surface area contributed by atoms with Crippen LogP contribution < -0.4 is 11.1 Å². The number of amides is 1. The van der Waals surface area contributed by atoms with Crippen LogP contribution in [0.2, 0.25) is 0 Å². The van der Waals surface area contributed by atoms with E-state index in [-0.39, 0.29) is 17.4 Å². The van der Waals surface area contributed by atoms with Gasteiger partial charge in [-0.15, -0.1) is 11.3 Å². The number of rotatable bonds is 6. The smallest absolute Gasteiger partial charge is 0.220 e. The normalized spacial score (nSPS) is 13.4. The van der Waals surface area contributed by atoms with Gasteiger partial charge >= 0.3 is 0 Å². The van der Waals surface area contributed by atoms with Crippen LogP contribution in [-0.2, 0) is 10.2 Å². The first-order valence-electron chi connectivity index (χ1n) is 5.98. The van der Waals surface area contributed by atoms with Crippen LogP contribution in [0.15, 0.2) is 17.5 Å². The van der Waals surface area contributed by atoms with Gasteiger partial charge in [0.1, 0.15) is 0 Å². The highest BCUT2D eigenvalue weighted by molar-refractivity contribution is 7.10. The summed E-state index contributed by atoms with van der Waals surface area (Å²) in [7, 11) is 0. The number of nitrogens with one attached hydrogen (secondary N) is 1. The van der Waals surface area contributed by atoms with Gasteiger partial charge in [0.25, 0.3) is 0 Å². The van der Waals surface area contributed by atoms with Crippen molar-refractivity contribution < 1.29 is 4.79 Å².